The Morgan fingerprint density at radius 1 is 1.18 bits per heavy atom. The van der Waals surface area contributed by atoms with Crippen molar-refractivity contribution in [1.29, 1.82) is 0 Å². The van der Waals surface area contributed by atoms with Crippen molar-refractivity contribution in [2.24, 2.45) is 0 Å². The van der Waals surface area contributed by atoms with Gasteiger partial charge in [0, 0.05) is 22.4 Å². The van der Waals surface area contributed by atoms with Crippen LogP contribution in [0.25, 0.3) is 0 Å². The van der Waals surface area contributed by atoms with Gasteiger partial charge >= 0.3 is 67.0 Å². The predicted octanol–water partition coefficient (Wildman–Crippen LogP) is 0.358. The van der Waals surface area contributed by atoms with E-state index in [1.807, 2.05) is 0 Å². The van der Waals surface area contributed by atoms with Gasteiger partial charge in [-0.3, -0.25) is 0 Å². The summed E-state index contributed by atoms with van der Waals surface area (Å²) in [6, 6.07) is 0. The monoisotopic (exact) mass is 400 g/mol. The van der Waals surface area contributed by atoms with E-state index in [2.05, 4.69) is 16.0 Å². The molecule has 4 heteroatoms. The largest absolute Gasteiger partial charge is 0 e. The van der Waals surface area contributed by atoms with Crippen molar-refractivity contribution in [2.75, 3.05) is 0 Å². The zero-order chi connectivity index (χ0) is 7.56. The SMILES string of the molecule is O=C1CCCC(=O)C1=C[Se].[Au]. The molecule has 0 unspecified atom stereocenters. The molecule has 1 saturated carbocycles. The molecule has 0 aromatic rings. The van der Waals surface area contributed by atoms with Gasteiger partial charge in [0.15, 0.2) is 0 Å². The van der Waals surface area contributed by atoms with E-state index in [4.69, 9.17) is 0 Å². The predicted molar refractivity (Wildman–Crippen MR) is 37.7 cm³/mol. The van der Waals surface area contributed by atoms with Crippen LogP contribution in [0.3, 0.4) is 0 Å². The van der Waals surface area contributed by atoms with Crippen LogP contribution in [0.2, 0.25) is 0 Å². The van der Waals surface area contributed by atoms with Gasteiger partial charge in [-0.2, -0.15) is 0 Å². The third-order valence-corrected chi connectivity index (χ3v) is 2.02. The third kappa shape index (κ3) is 2.69. The van der Waals surface area contributed by atoms with Crippen molar-refractivity contribution in [1.82, 2.24) is 0 Å². The van der Waals surface area contributed by atoms with Gasteiger partial charge in [-0.25, -0.2) is 0 Å². The van der Waals surface area contributed by atoms with Crippen LogP contribution >= 0.6 is 0 Å². The molecule has 0 atom stereocenters. The molecule has 1 fully saturated rings. The number of hydrogen-bond donors (Lipinski definition) is 0. The maximum Gasteiger partial charge on any atom is 0 e. The van der Waals surface area contributed by atoms with E-state index in [0.717, 1.165) is 6.42 Å². The number of carbonyl (C=O) groups is 2. The van der Waals surface area contributed by atoms with Crippen molar-refractivity contribution in [2.45, 2.75) is 19.3 Å². The summed E-state index contributed by atoms with van der Waals surface area (Å²) in [5, 5.41) is 0. The molecule has 2 nitrogen and oxygen atoms in total. The first-order valence-electron chi connectivity index (χ1n) is 3.14. The van der Waals surface area contributed by atoms with Crippen LogP contribution < -0.4 is 0 Å². The Morgan fingerprint density at radius 3 is 1.91 bits per heavy atom. The molecule has 0 bridgehead atoms. The van der Waals surface area contributed by atoms with Crippen LogP contribution in [0.4, 0.5) is 0 Å². The summed E-state index contributed by atoms with van der Waals surface area (Å²) in [7, 11) is 0. The van der Waals surface area contributed by atoms with Crippen LogP contribution in [0.5, 0.6) is 0 Å². The number of hydrogen-bond acceptors (Lipinski definition) is 2. The molecule has 0 aliphatic heterocycles. The van der Waals surface area contributed by atoms with E-state index < -0.39 is 0 Å². The first kappa shape index (κ1) is 11.3. The topological polar surface area (TPSA) is 34.1 Å². The van der Waals surface area contributed by atoms with Crippen molar-refractivity contribution in [3.05, 3.63) is 10.5 Å². The number of allylic oxidation sites excluding steroid dienone is 1. The standard InChI is InChI=1S/C7H7O2Se.Au/c8-6-2-1-3-7(9)5(6)4-10;/h4H,1-3H2;. The van der Waals surface area contributed by atoms with E-state index in [-0.39, 0.29) is 33.9 Å². The molecule has 0 aromatic heterocycles. The summed E-state index contributed by atoms with van der Waals surface area (Å²) in [6.07, 6.45) is 1.77. The van der Waals surface area contributed by atoms with Crippen LogP contribution in [0.1, 0.15) is 19.3 Å². The van der Waals surface area contributed by atoms with Gasteiger partial charge < -0.3 is 0 Å². The van der Waals surface area contributed by atoms with E-state index in [1.165, 1.54) is 4.97 Å². The Bertz CT molecular complexity index is 192. The van der Waals surface area contributed by atoms with Crippen LogP contribution in [0, 0.1) is 0 Å². The number of rotatable bonds is 0. The molecule has 0 heterocycles. The molecule has 0 aromatic carbocycles. The Morgan fingerprint density at radius 2 is 1.64 bits per heavy atom. The van der Waals surface area contributed by atoms with Gasteiger partial charge in [-0.05, 0) is 0 Å². The first-order chi connectivity index (χ1) is 4.75. The quantitative estimate of drug-likeness (QED) is 0.335. The maximum atomic E-state index is 10.9. The van der Waals surface area contributed by atoms with E-state index in [0.29, 0.717) is 18.4 Å². The Labute approximate surface area is 89.1 Å². The molecule has 0 spiro atoms. The Hall–Kier alpha value is 0.340. The summed E-state index contributed by atoms with van der Waals surface area (Å²) < 4.78 is 0. The molecule has 64 valence electrons. The van der Waals surface area contributed by atoms with Crippen molar-refractivity contribution >= 4 is 27.6 Å². The average Bonchev–Trinajstić information content (AvgIpc) is 1.88. The fraction of sp³-hybridized carbons (Fsp3) is 0.429. The minimum absolute atomic E-state index is 0. The van der Waals surface area contributed by atoms with Crippen LogP contribution in [0.15, 0.2) is 10.5 Å². The van der Waals surface area contributed by atoms with Gasteiger partial charge in [-0.15, -0.1) is 0 Å². The van der Waals surface area contributed by atoms with E-state index in [9.17, 15) is 9.59 Å². The zero-order valence-corrected chi connectivity index (χ0v) is 9.60. The third-order valence-electron chi connectivity index (χ3n) is 1.53. The van der Waals surface area contributed by atoms with Crippen LogP contribution in [-0.4, -0.2) is 27.6 Å². The minimum Gasteiger partial charge on any atom is 0 e. The molecule has 11 heavy (non-hydrogen) atoms. The molecule has 2 radical (unpaired) electrons. The normalized spacial score (nSPS) is 17.6. The molecule has 0 N–H and O–H groups in total. The van der Waals surface area contributed by atoms with Crippen molar-refractivity contribution < 1.29 is 32.0 Å². The second-order valence-corrected chi connectivity index (χ2v) is 2.73. The zero-order valence-electron chi connectivity index (χ0n) is 5.72. The molecular weight excluding hydrogens is 392 g/mol. The molecule has 1 rings (SSSR count). The Kier molecular flexibility index (Phi) is 5.23. The number of Topliss-reactive ketones (excluding diaryl/α,β-unsaturated/α-hetero) is 2. The number of ketones is 2. The minimum atomic E-state index is -0.0185. The van der Waals surface area contributed by atoms with E-state index in [1.54, 1.807) is 0 Å². The van der Waals surface area contributed by atoms with Gasteiger partial charge in [0.1, 0.15) is 0 Å². The Balaban J connectivity index is 0.000001000. The summed E-state index contributed by atoms with van der Waals surface area (Å²) in [4.78, 5) is 23.3. The molecule has 1 aliphatic carbocycles. The van der Waals surface area contributed by atoms with Crippen LogP contribution in [-0.2, 0) is 32.0 Å². The fourth-order valence-corrected chi connectivity index (χ4v) is 1.52. The van der Waals surface area contributed by atoms with Gasteiger partial charge in [0.2, 0.25) is 0 Å². The maximum absolute atomic E-state index is 10.9. The van der Waals surface area contributed by atoms with E-state index >= 15 is 0 Å². The van der Waals surface area contributed by atoms with Gasteiger partial charge in [0.05, 0.1) is 0 Å². The summed E-state index contributed by atoms with van der Waals surface area (Å²) in [6.45, 7) is 0. The second-order valence-electron chi connectivity index (χ2n) is 2.23. The molecule has 1 aliphatic rings. The summed E-state index contributed by atoms with van der Waals surface area (Å²) in [5.41, 5.74) is 0.353. The molecular formula is C7H7AuO2Se. The molecule has 0 amide bonds. The summed E-state index contributed by atoms with van der Waals surface area (Å²) in [5.74, 6) is -0.0370. The van der Waals surface area contributed by atoms with Gasteiger partial charge in [-0.1, -0.05) is 0 Å². The average molecular weight is 399 g/mol. The van der Waals surface area contributed by atoms with Crippen molar-refractivity contribution in [3.63, 3.8) is 0 Å². The second kappa shape index (κ2) is 5.07. The van der Waals surface area contributed by atoms with Crippen molar-refractivity contribution in [3.8, 4) is 0 Å². The first-order valence-corrected chi connectivity index (χ1v) is 4.13. The van der Waals surface area contributed by atoms with Gasteiger partial charge in [0.25, 0.3) is 0 Å². The fourth-order valence-electron chi connectivity index (χ4n) is 0.966. The number of carbonyl (C=O) groups excluding carboxylic acids is 2. The summed E-state index contributed by atoms with van der Waals surface area (Å²) >= 11 is 2.57. The smallest absolute Gasteiger partial charge is 0 e. The molecule has 0 saturated heterocycles.